The highest BCUT2D eigenvalue weighted by Crippen LogP contribution is 2.26. The molecule has 0 amide bonds. The Bertz CT molecular complexity index is 777. The molecular formula is C14H11N3O2. The molecule has 0 radical (unpaired) electrons. The molecule has 94 valence electrons. The van der Waals surface area contributed by atoms with Crippen molar-refractivity contribution in [3.63, 3.8) is 0 Å². The fourth-order valence-electron chi connectivity index (χ4n) is 2.12. The van der Waals surface area contributed by atoms with E-state index in [2.05, 4.69) is 9.97 Å². The summed E-state index contributed by atoms with van der Waals surface area (Å²) in [6, 6.07) is 7.42. The number of rotatable bonds is 2. The predicted molar refractivity (Wildman–Crippen MR) is 70.9 cm³/mol. The average molecular weight is 253 g/mol. The standard InChI is InChI=1S/C14H11N3O2/c1-17-8-16-12-6-9(2-3-13(12)17)10-4-5-15-7-11(10)14(18)19/h2-8H,1H3,(H,18,19). The first-order valence-electron chi connectivity index (χ1n) is 5.75. The number of carbonyl (C=O) groups is 1. The van der Waals surface area contributed by atoms with Gasteiger partial charge in [0.15, 0.2) is 0 Å². The number of aromatic carboxylic acids is 1. The van der Waals surface area contributed by atoms with E-state index in [9.17, 15) is 9.90 Å². The zero-order chi connectivity index (χ0) is 13.4. The van der Waals surface area contributed by atoms with Crippen LogP contribution in [0.2, 0.25) is 0 Å². The average Bonchev–Trinajstić information content (AvgIpc) is 2.80. The Morgan fingerprint density at radius 2 is 2.16 bits per heavy atom. The van der Waals surface area contributed by atoms with Gasteiger partial charge in [-0.1, -0.05) is 6.07 Å². The molecule has 0 atom stereocenters. The summed E-state index contributed by atoms with van der Waals surface area (Å²) in [6.45, 7) is 0. The topological polar surface area (TPSA) is 68.0 Å². The maximum Gasteiger partial charge on any atom is 0.337 e. The van der Waals surface area contributed by atoms with Crippen molar-refractivity contribution in [3.8, 4) is 11.1 Å². The van der Waals surface area contributed by atoms with Crippen molar-refractivity contribution in [2.75, 3.05) is 0 Å². The van der Waals surface area contributed by atoms with Crippen molar-refractivity contribution in [2.45, 2.75) is 0 Å². The summed E-state index contributed by atoms with van der Waals surface area (Å²) in [4.78, 5) is 19.3. The number of pyridine rings is 1. The number of fused-ring (bicyclic) bond motifs is 1. The van der Waals surface area contributed by atoms with Crippen LogP contribution in [0.15, 0.2) is 43.0 Å². The van der Waals surface area contributed by atoms with E-state index < -0.39 is 5.97 Å². The van der Waals surface area contributed by atoms with Crippen molar-refractivity contribution in [2.24, 2.45) is 7.05 Å². The number of hydrogen-bond acceptors (Lipinski definition) is 3. The van der Waals surface area contributed by atoms with Crippen molar-refractivity contribution in [1.29, 1.82) is 0 Å². The second-order valence-electron chi connectivity index (χ2n) is 4.29. The number of nitrogens with zero attached hydrogens (tertiary/aromatic N) is 3. The third-order valence-corrected chi connectivity index (χ3v) is 3.09. The van der Waals surface area contributed by atoms with Gasteiger partial charge in [-0.15, -0.1) is 0 Å². The van der Waals surface area contributed by atoms with Crippen LogP contribution in [-0.4, -0.2) is 25.6 Å². The zero-order valence-corrected chi connectivity index (χ0v) is 10.2. The Labute approximate surface area is 109 Å². The van der Waals surface area contributed by atoms with Crippen LogP contribution in [0.25, 0.3) is 22.2 Å². The van der Waals surface area contributed by atoms with E-state index in [1.807, 2.05) is 29.8 Å². The number of imidazole rings is 1. The summed E-state index contributed by atoms with van der Waals surface area (Å²) in [5, 5.41) is 9.18. The van der Waals surface area contributed by atoms with Gasteiger partial charge in [-0.2, -0.15) is 0 Å². The lowest BCUT2D eigenvalue weighted by Gasteiger charge is -2.05. The third-order valence-electron chi connectivity index (χ3n) is 3.09. The molecule has 1 N–H and O–H groups in total. The fraction of sp³-hybridized carbons (Fsp3) is 0.0714. The molecule has 0 aliphatic rings. The van der Waals surface area contributed by atoms with Crippen molar-refractivity contribution in [1.82, 2.24) is 14.5 Å². The lowest BCUT2D eigenvalue weighted by molar-refractivity contribution is 0.0697. The van der Waals surface area contributed by atoms with Crippen LogP contribution in [0, 0.1) is 0 Å². The Hall–Kier alpha value is -2.69. The normalized spacial score (nSPS) is 10.8. The molecule has 0 fully saturated rings. The van der Waals surface area contributed by atoms with Gasteiger partial charge in [0.25, 0.3) is 0 Å². The number of carboxylic acid groups (broad SMARTS) is 1. The SMILES string of the molecule is Cn1cnc2cc(-c3ccncc3C(=O)O)ccc21. The first-order chi connectivity index (χ1) is 9.16. The van der Waals surface area contributed by atoms with Crippen LogP contribution >= 0.6 is 0 Å². The van der Waals surface area contributed by atoms with Gasteiger partial charge in [0.2, 0.25) is 0 Å². The molecule has 1 aromatic carbocycles. The summed E-state index contributed by atoms with van der Waals surface area (Å²) in [5.74, 6) is -0.982. The summed E-state index contributed by atoms with van der Waals surface area (Å²) < 4.78 is 1.92. The van der Waals surface area contributed by atoms with E-state index in [0.29, 0.717) is 5.56 Å². The number of aromatic nitrogens is 3. The van der Waals surface area contributed by atoms with Crippen molar-refractivity contribution in [3.05, 3.63) is 48.5 Å². The number of aryl methyl sites for hydroxylation is 1. The predicted octanol–water partition coefficient (Wildman–Crippen LogP) is 2.33. The minimum atomic E-state index is -0.982. The van der Waals surface area contributed by atoms with Crippen molar-refractivity contribution >= 4 is 17.0 Å². The maximum atomic E-state index is 11.2. The van der Waals surface area contributed by atoms with Crippen LogP contribution in [0.4, 0.5) is 0 Å². The summed E-state index contributed by atoms with van der Waals surface area (Å²) in [6.07, 6.45) is 4.68. The largest absolute Gasteiger partial charge is 0.478 e. The first kappa shape index (κ1) is 11.4. The van der Waals surface area contributed by atoms with Crippen LogP contribution in [0.3, 0.4) is 0 Å². The maximum absolute atomic E-state index is 11.2. The molecule has 3 rings (SSSR count). The van der Waals surface area contributed by atoms with Gasteiger partial charge < -0.3 is 9.67 Å². The van der Waals surface area contributed by atoms with Gasteiger partial charge in [-0.3, -0.25) is 4.98 Å². The lowest BCUT2D eigenvalue weighted by Crippen LogP contribution is -2.00. The molecule has 3 aromatic rings. The number of benzene rings is 1. The Morgan fingerprint density at radius 1 is 1.32 bits per heavy atom. The molecule has 5 nitrogen and oxygen atoms in total. The van der Waals surface area contributed by atoms with Gasteiger partial charge in [-0.25, -0.2) is 9.78 Å². The molecule has 0 saturated carbocycles. The van der Waals surface area contributed by atoms with E-state index in [4.69, 9.17) is 0 Å². The van der Waals surface area contributed by atoms with E-state index in [1.54, 1.807) is 18.6 Å². The monoisotopic (exact) mass is 253 g/mol. The quantitative estimate of drug-likeness (QED) is 0.761. The molecule has 5 heteroatoms. The van der Waals surface area contributed by atoms with E-state index in [0.717, 1.165) is 16.6 Å². The first-order valence-corrected chi connectivity index (χ1v) is 5.75. The van der Waals surface area contributed by atoms with Gasteiger partial charge in [0, 0.05) is 19.4 Å². The van der Waals surface area contributed by atoms with Crippen LogP contribution in [0.1, 0.15) is 10.4 Å². The Balaban J connectivity index is 2.22. The van der Waals surface area contributed by atoms with Gasteiger partial charge in [0.1, 0.15) is 0 Å². The Kier molecular flexibility index (Phi) is 2.52. The number of carboxylic acids is 1. The van der Waals surface area contributed by atoms with Crippen molar-refractivity contribution < 1.29 is 9.90 Å². The molecule has 0 saturated heterocycles. The van der Waals surface area contributed by atoms with Crippen LogP contribution in [0.5, 0.6) is 0 Å². The highest BCUT2D eigenvalue weighted by Gasteiger charge is 2.12. The zero-order valence-electron chi connectivity index (χ0n) is 10.2. The minimum Gasteiger partial charge on any atom is -0.478 e. The summed E-state index contributed by atoms with van der Waals surface area (Å²) in [7, 11) is 1.92. The highest BCUT2D eigenvalue weighted by atomic mass is 16.4. The highest BCUT2D eigenvalue weighted by molar-refractivity contribution is 5.96. The molecule has 0 aliphatic heterocycles. The van der Waals surface area contributed by atoms with Gasteiger partial charge in [-0.05, 0) is 29.3 Å². The minimum absolute atomic E-state index is 0.192. The molecule has 0 bridgehead atoms. The van der Waals surface area contributed by atoms with E-state index >= 15 is 0 Å². The summed E-state index contributed by atoms with van der Waals surface area (Å²) in [5.41, 5.74) is 3.52. The van der Waals surface area contributed by atoms with Gasteiger partial charge >= 0.3 is 5.97 Å². The molecular weight excluding hydrogens is 242 g/mol. The number of hydrogen-bond donors (Lipinski definition) is 1. The third kappa shape index (κ3) is 1.85. The summed E-state index contributed by atoms with van der Waals surface area (Å²) >= 11 is 0. The van der Waals surface area contributed by atoms with E-state index in [1.165, 1.54) is 6.20 Å². The fourth-order valence-corrected chi connectivity index (χ4v) is 2.12. The molecule has 0 aliphatic carbocycles. The lowest BCUT2D eigenvalue weighted by atomic mass is 10.0. The second-order valence-corrected chi connectivity index (χ2v) is 4.29. The molecule has 2 aromatic heterocycles. The molecule has 19 heavy (non-hydrogen) atoms. The van der Waals surface area contributed by atoms with Gasteiger partial charge in [0.05, 0.1) is 22.9 Å². The van der Waals surface area contributed by atoms with Crippen LogP contribution in [-0.2, 0) is 7.05 Å². The molecule has 0 spiro atoms. The molecule has 0 unspecified atom stereocenters. The van der Waals surface area contributed by atoms with Crippen LogP contribution < -0.4 is 0 Å². The Morgan fingerprint density at radius 3 is 2.95 bits per heavy atom. The molecule has 2 heterocycles. The second kappa shape index (κ2) is 4.20. The smallest absolute Gasteiger partial charge is 0.337 e. The van der Waals surface area contributed by atoms with E-state index in [-0.39, 0.29) is 5.56 Å².